The first-order chi connectivity index (χ1) is 15.1. The molecule has 1 aliphatic carbocycles. The minimum absolute atomic E-state index is 0.222. The second-order valence-electron chi connectivity index (χ2n) is 8.59. The number of aryl methyl sites for hydroxylation is 1. The summed E-state index contributed by atoms with van der Waals surface area (Å²) in [7, 11) is 0.301. The molecule has 1 aromatic carbocycles. The lowest BCUT2D eigenvalue weighted by Crippen LogP contribution is -2.32. The third kappa shape index (κ3) is 5.86. The van der Waals surface area contributed by atoms with Crippen molar-refractivity contribution in [3.8, 4) is 16.2 Å². The van der Waals surface area contributed by atoms with E-state index in [9.17, 15) is 4.21 Å². The molecule has 8 heteroatoms. The Bertz CT molecular complexity index is 890. The summed E-state index contributed by atoms with van der Waals surface area (Å²) in [6, 6.07) is 6.14. The molecule has 1 saturated heterocycles. The van der Waals surface area contributed by atoms with Gasteiger partial charge in [0.2, 0.25) is 0 Å². The Hall–Kier alpha value is -1.48. The fourth-order valence-electron chi connectivity index (χ4n) is 4.53. The Labute approximate surface area is 192 Å². The first kappa shape index (κ1) is 22.7. The van der Waals surface area contributed by atoms with E-state index >= 15 is 0 Å². The fraction of sp³-hybridized carbons (Fsp3) is 0.609. The lowest BCUT2D eigenvalue weighted by molar-refractivity contribution is 0.345. The van der Waals surface area contributed by atoms with Crippen molar-refractivity contribution in [2.24, 2.45) is 5.92 Å². The maximum absolute atomic E-state index is 13.0. The first-order valence-corrected chi connectivity index (χ1v) is 13.4. The van der Waals surface area contributed by atoms with Gasteiger partial charge in [0.1, 0.15) is 16.7 Å². The normalized spacial score (nSPS) is 20.6. The number of nitrogens with zero attached hydrogens (tertiary/aromatic N) is 1. The van der Waals surface area contributed by atoms with Crippen LogP contribution in [0.4, 0.5) is 5.13 Å². The van der Waals surface area contributed by atoms with Crippen LogP contribution in [0.25, 0.3) is 10.4 Å². The number of aromatic nitrogens is 1. The minimum Gasteiger partial charge on any atom is -0.495 e. The van der Waals surface area contributed by atoms with Gasteiger partial charge in [0.15, 0.2) is 5.13 Å². The number of anilines is 1. The van der Waals surface area contributed by atoms with Gasteiger partial charge in [-0.2, -0.15) is 0 Å². The van der Waals surface area contributed by atoms with Crippen molar-refractivity contribution < 1.29 is 8.95 Å². The van der Waals surface area contributed by atoms with Crippen molar-refractivity contribution in [1.82, 2.24) is 15.0 Å². The molecule has 0 spiro atoms. The molecule has 1 aromatic heterocycles. The van der Waals surface area contributed by atoms with Crippen LogP contribution in [0.1, 0.15) is 50.6 Å². The van der Waals surface area contributed by atoms with E-state index < -0.39 is 11.0 Å². The van der Waals surface area contributed by atoms with Gasteiger partial charge >= 0.3 is 0 Å². The van der Waals surface area contributed by atoms with Crippen LogP contribution >= 0.6 is 11.3 Å². The molecule has 2 unspecified atom stereocenters. The topological polar surface area (TPSA) is 75.3 Å². The third-order valence-electron chi connectivity index (χ3n) is 6.31. The summed E-state index contributed by atoms with van der Waals surface area (Å²) in [5.74, 6) is 1.51. The second kappa shape index (κ2) is 10.9. The largest absolute Gasteiger partial charge is 0.495 e. The predicted molar refractivity (Wildman–Crippen MR) is 129 cm³/mol. The molecule has 170 valence electrons. The van der Waals surface area contributed by atoms with Gasteiger partial charge in [-0.15, -0.1) is 0 Å². The van der Waals surface area contributed by atoms with Crippen molar-refractivity contribution in [3.63, 3.8) is 0 Å². The van der Waals surface area contributed by atoms with E-state index in [2.05, 4.69) is 15.4 Å². The highest BCUT2D eigenvalue weighted by Gasteiger charge is 2.21. The van der Waals surface area contributed by atoms with E-state index in [1.165, 1.54) is 38.5 Å². The number of benzene rings is 1. The summed E-state index contributed by atoms with van der Waals surface area (Å²) < 4.78 is 21.7. The molecule has 2 heterocycles. The number of methoxy groups -OCH3 is 1. The molecule has 1 aliphatic heterocycles. The van der Waals surface area contributed by atoms with Crippen LogP contribution < -0.4 is 20.1 Å². The number of hydrogen-bond acceptors (Lipinski definition) is 6. The van der Waals surface area contributed by atoms with Gasteiger partial charge < -0.3 is 15.4 Å². The van der Waals surface area contributed by atoms with Crippen molar-refractivity contribution in [2.45, 2.75) is 62.8 Å². The SMILES string of the molecule is COc1ccc(-c2sc(NCCC3CCCCC3)nc2C)cc1S(=O)NC1CCNC1. The Morgan fingerprint density at radius 2 is 2.10 bits per heavy atom. The quantitative estimate of drug-likeness (QED) is 0.512. The van der Waals surface area contributed by atoms with E-state index in [0.29, 0.717) is 10.6 Å². The van der Waals surface area contributed by atoms with Crippen LogP contribution in [0.3, 0.4) is 0 Å². The zero-order valence-electron chi connectivity index (χ0n) is 18.5. The number of thiazole rings is 1. The first-order valence-electron chi connectivity index (χ1n) is 11.4. The Morgan fingerprint density at radius 3 is 2.84 bits per heavy atom. The Kier molecular flexibility index (Phi) is 7.98. The molecule has 4 rings (SSSR count). The van der Waals surface area contributed by atoms with Crippen LogP contribution in [-0.2, 0) is 11.0 Å². The second-order valence-corrected chi connectivity index (χ2v) is 10.8. The van der Waals surface area contributed by atoms with Gasteiger partial charge in [0, 0.05) is 19.1 Å². The number of ether oxygens (including phenoxy) is 1. The third-order valence-corrected chi connectivity index (χ3v) is 8.74. The monoisotopic (exact) mass is 462 g/mol. The zero-order chi connectivity index (χ0) is 21.6. The number of rotatable bonds is 9. The van der Waals surface area contributed by atoms with Gasteiger partial charge in [-0.3, -0.25) is 0 Å². The van der Waals surface area contributed by atoms with Gasteiger partial charge in [-0.1, -0.05) is 43.4 Å². The number of nitrogens with one attached hydrogen (secondary N) is 3. The molecule has 3 N–H and O–H groups in total. The fourth-order valence-corrected chi connectivity index (χ4v) is 6.72. The maximum Gasteiger partial charge on any atom is 0.183 e. The molecule has 6 nitrogen and oxygen atoms in total. The molecule has 31 heavy (non-hydrogen) atoms. The van der Waals surface area contributed by atoms with Crippen molar-refractivity contribution in [3.05, 3.63) is 23.9 Å². The van der Waals surface area contributed by atoms with Crippen molar-refractivity contribution >= 4 is 27.5 Å². The molecule has 0 amide bonds. The summed E-state index contributed by atoms with van der Waals surface area (Å²) in [6.07, 6.45) is 9.14. The van der Waals surface area contributed by atoms with Crippen LogP contribution in [0, 0.1) is 12.8 Å². The smallest absolute Gasteiger partial charge is 0.183 e. The average Bonchev–Trinajstić information content (AvgIpc) is 3.43. The molecule has 2 aliphatic rings. The number of hydrogen-bond donors (Lipinski definition) is 3. The molecular formula is C23H34N4O2S2. The molecule has 2 aromatic rings. The zero-order valence-corrected chi connectivity index (χ0v) is 20.2. The molecule has 0 bridgehead atoms. The van der Waals surface area contributed by atoms with E-state index in [1.807, 2.05) is 25.1 Å². The molecule has 2 fully saturated rings. The molecule has 1 saturated carbocycles. The molecule has 0 radical (unpaired) electrons. The van der Waals surface area contributed by atoms with E-state index in [0.717, 1.165) is 53.2 Å². The molecule has 2 atom stereocenters. The minimum atomic E-state index is -1.32. The van der Waals surface area contributed by atoms with E-state index in [-0.39, 0.29) is 6.04 Å². The van der Waals surface area contributed by atoms with Crippen molar-refractivity contribution in [2.75, 3.05) is 32.1 Å². The van der Waals surface area contributed by atoms with Gasteiger partial charge in [0.05, 0.1) is 22.6 Å². The van der Waals surface area contributed by atoms with Crippen LogP contribution in [0.15, 0.2) is 23.1 Å². The summed E-state index contributed by atoms with van der Waals surface area (Å²) in [5.41, 5.74) is 2.03. The highest BCUT2D eigenvalue weighted by molar-refractivity contribution is 7.83. The Morgan fingerprint density at radius 1 is 1.26 bits per heavy atom. The lowest BCUT2D eigenvalue weighted by atomic mass is 9.87. The lowest BCUT2D eigenvalue weighted by Gasteiger charge is -2.21. The van der Waals surface area contributed by atoms with Crippen LogP contribution in [-0.4, -0.2) is 42.0 Å². The van der Waals surface area contributed by atoms with Gasteiger partial charge in [0.25, 0.3) is 0 Å². The van der Waals surface area contributed by atoms with Gasteiger partial charge in [-0.25, -0.2) is 13.9 Å². The van der Waals surface area contributed by atoms with Crippen molar-refractivity contribution in [1.29, 1.82) is 0 Å². The van der Waals surface area contributed by atoms with Crippen LogP contribution in [0.2, 0.25) is 0 Å². The predicted octanol–water partition coefficient (Wildman–Crippen LogP) is 4.48. The standard InChI is InChI=1S/C23H34N4O2S2/c1-16-22(30-23(26-16)25-13-10-17-6-4-3-5-7-17)18-8-9-20(29-2)21(14-18)31(28)27-19-11-12-24-15-19/h8-9,14,17,19,24,27H,3-7,10-13,15H2,1-2H3,(H,25,26). The average molecular weight is 463 g/mol. The Balaban J connectivity index is 1.45. The summed E-state index contributed by atoms with van der Waals surface area (Å²) in [4.78, 5) is 6.55. The summed E-state index contributed by atoms with van der Waals surface area (Å²) in [6.45, 7) is 4.83. The highest BCUT2D eigenvalue weighted by Crippen LogP contribution is 2.36. The summed E-state index contributed by atoms with van der Waals surface area (Å²) >= 11 is 1.67. The van der Waals surface area contributed by atoms with E-state index in [1.54, 1.807) is 18.4 Å². The summed E-state index contributed by atoms with van der Waals surface area (Å²) in [5, 5.41) is 7.80. The molecular weight excluding hydrogens is 428 g/mol. The van der Waals surface area contributed by atoms with Crippen LogP contribution in [0.5, 0.6) is 5.75 Å². The van der Waals surface area contributed by atoms with Gasteiger partial charge in [-0.05, 0) is 56.0 Å². The highest BCUT2D eigenvalue weighted by atomic mass is 32.2. The van der Waals surface area contributed by atoms with E-state index in [4.69, 9.17) is 9.72 Å². The maximum atomic E-state index is 13.0.